The number of piperidine rings is 1. The van der Waals surface area contributed by atoms with Gasteiger partial charge in [-0.25, -0.2) is 0 Å². The number of hydrogen-bond donors (Lipinski definition) is 4. The molecule has 4 fully saturated rings. The van der Waals surface area contributed by atoms with E-state index in [0.29, 0.717) is 23.7 Å². The summed E-state index contributed by atoms with van der Waals surface area (Å²) in [5.74, 6) is 2.14. The SMILES string of the molecule is C=C1/C(=C\C=C2/CCC[C@]3(C)[C@@H]([C@H](C)CCCC(C)(C)O)CC[C@@H]23)C[C@@H](O)CC1NCCN1CCC(O)CC1. The number of aliphatic hydroxyl groups is 3. The molecule has 0 amide bonds. The van der Waals surface area contributed by atoms with Gasteiger partial charge in [-0.3, -0.25) is 0 Å². The number of aliphatic hydroxyl groups excluding tert-OH is 2. The van der Waals surface area contributed by atoms with E-state index in [1.165, 1.54) is 44.1 Å². The maximum Gasteiger partial charge on any atom is 0.0598 e. The Morgan fingerprint density at radius 1 is 1.13 bits per heavy atom. The average molecular weight is 543 g/mol. The Hall–Kier alpha value is -0.980. The van der Waals surface area contributed by atoms with Crippen molar-refractivity contribution >= 4 is 0 Å². The molecular formula is C34H58N2O3. The lowest BCUT2D eigenvalue weighted by atomic mass is 9.60. The first kappa shape index (κ1) is 31.0. The molecule has 4 N–H and O–H groups in total. The van der Waals surface area contributed by atoms with Gasteiger partial charge in [-0.1, -0.05) is 51.0 Å². The Morgan fingerprint density at radius 3 is 2.59 bits per heavy atom. The minimum Gasteiger partial charge on any atom is -0.393 e. The molecule has 4 rings (SSSR count). The van der Waals surface area contributed by atoms with Crippen molar-refractivity contribution in [2.75, 3.05) is 26.2 Å². The van der Waals surface area contributed by atoms with Crippen LogP contribution in [0.2, 0.25) is 0 Å². The van der Waals surface area contributed by atoms with E-state index in [1.54, 1.807) is 5.57 Å². The van der Waals surface area contributed by atoms with E-state index in [1.807, 2.05) is 13.8 Å². The summed E-state index contributed by atoms with van der Waals surface area (Å²) in [6.07, 6.45) is 17.1. The molecule has 1 unspecified atom stereocenters. The minimum absolute atomic E-state index is 0.130. The van der Waals surface area contributed by atoms with Crippen molar-refractivity contribution in [2.45, 2.75) is 129 Å². The van der Waals surface area contributed by atoms with Crippen molar-refractivity contribution in [3.8, 4) is 0 Å². The van der Waals surface area contributed by atoms with Gasteiger partial charge in [0.25, 0.3) is 0 Å². The van der Waals surface area contributed by atoms with Crippen molar-refractivity contribution in [3.63, 3.8) is 0 Å². The van der Waals surface area contributed by atoms with E-state index in [-0.39, 0.29) is 18.2 Å². The van der Waals surface area contributed by atoms with Crippen LogP contribution in [0.15, 0.2) is 35.5 Å². The zero-order valence-electron chi connectivity index (χ0n) is 25.4. The number of rotatable bonds is 10. The second kappa shape index (κ2) is 13.3. The fourth-order valence-electron chi connectivity index (χ4n) is 8.51. The van der Waals surface area contributed by atoms with E-state index in [4.69, 9.17) is 0 Å². The molecule has 6 atom stereocenters. The number of hydrogen-bond acceptors (Lipinski definition) is 5. The third-order valence-corrected chi connectivity index (χ3v) is 10.8. The van der Waals surface area contributed by atoms with Gasteiger partial charge in [-0.15, -0.1) is 0 Å². The average Bonchev–Trinajstić information content (AvgIpc) is 3.23. The van der Waals surface area contributed by atoms with Crippen LogP contribution in [0.4, 0.5) is 0 Å². The molecule has 0 aromatic carbocycles. The zero-order valence-corrected chi connectivity index (χ0v) is 25.4. The highest BCUT2D eigenvalue weighted by molar-refractivity contribution is 5.39. The molecule has 1 aliphatic heterocycles. The van der Waals surface area contributed by atoms with Gasteiger partial charge in [-0.05, 0) is 112 Å². The molecule has 39 heavy (non-hydrogen) atoms. The number of nitrogens with one attached hydrogen (secondary N) is 1. The third-order valence-electron chi connectivity index (χ3n) is 10.8. The van der Waals surface area contributed by atoms with E-state index in [0.717, 1.165) is 69.8 Å². The Labute approximate surface area is 238 Å². The van der Waals surface area contributed by atoms with Crippen LogP contribution in [0, 0.1) is 23.2 Å². The number of allylic oxidation sites excluding steroid dienone is 3. The van der Waals surface area contributed by atoms with Gasteiger partial charge in [0.15, 0.2) is 0 Å². The first-order chi connectivity index (χ1) is 18.5. The van der Waals surface area contributed by atoms with Crippen LogP contribution >= 0.6 is 0 Å². The lowest BCUT2D eigenvalue weighted by molar-refractivity contribution is 0.0596. The van der Waals surface area contributed by atoms with Gasteiger partial charge in [0.05, 0.1) is 17.8 Å². The third kappa shape index (κ3) is 8.07. The molecule has 3 aliphatic carbocycles. The summed E-state index contributed by atoms with van der Waals surface area (Å²) in [5, 5.41) is 34.3. The molecule has 0 aromatic rings. The van der Waals surface area contributed by atoms with Gasteiger partial charge >= 0.3 is 0 Å². The van der Waals surface area contributed by atoms with Gasteiger partial charge in [0.1, 0.15) is 0 Å². The smallest absolute Gasteiger partial charge is 0.0598 e. The lowest BCUT2D eigenvalue weighted by Crippen LogP contribution is -2.44. The Kier molecular flexibility index (Phi) is 10.6. The maximum atomic E-state index is 10.7. The highest BCUT2D eigenvalue weighted by atomic mass is 16.3. The normalized spacial score (nSPS) is 36.0. The predicted molar refractivity (Wildman–Crippen MR) is 162 cm³/mol. The van der Waals surface area contributed by atoms with Gasteiger partial charge in [-0.2, -0.15) is 0 Å². The molecule has 0 bridgehead atoms. The second-order valence-corrected chi connectivity index (χ2v) is 14.4. The lowest BCUT2D eigenvalue weighted by Gasteiger charge is -2.44. The summed E-state index contributed by atoms with van der Waals surface area (Å²) in [5.41, 5.74) is 3.80. The van der Waals surface area contributed by atoms with Gasteiger partial charge in [0, 0.05) is 32.2 Å². The number of nitrogens with zero attached hydrogens (tertiary/aromatic N) is 1. The van der Waals surface area contributed by atoms with Crippen molar-refractivity contribution in [2.24, 2.45) is 23.2 Å². The summed E-state index contributed by atoms with van der Waals surface area (Å²) < 4.78 is 0. The van der Waals surface area contributed by atoms with Crippen LogP contribution < -0.4 is 5.32 Å². The van der Waals surface area contributed by atoms with Crippen molar-refractivity contribution < 1.29 is 15.3 Å². The molecule has 5 heteroatoms. The monoisotopic (exact) mass is 542 g/mol. The van der Waals surface area contributed by atoms with E-state index in [9.17, 15) is 15.3 Å². The van der Waals surface area contributed by atoms with Crippen LogP contribution in [-0.2, 0) is 0 Å². The first-order valence-corrected chi connectivity index (χ1v) is 16.1. The van der Waals surface area contributed by atoms with Crippen LogP contribution in [-0.4, -0.2) is 70.2 Å². The topological polar surface area (TPSA) is 76.0 Å². The zero-order chi connectivity index (χ0) is 28.2. The molecule has 5 nitrogen and oxygen atoms in total. The minimum atomic E-state index is -0.556. The second-order valence-electron chi connectivity index (χ2n) is 14.4. The van der Waals surface area contributed by atoms with Crippen LogP contribution in [0.25, 0.3) is 0 Å². The van der Waals surface area contributed by atoms with Crippen LogP contribution in [0.1, 0.15) is 105 Å². The highest BCUT2D eigenvalue weighted by Gasteiger charge is 2.50. The van der Waals surface area contributed by atoms with E-state index in [2.05, 4.69) is 42.8 Å². The van der Waals surface area contributed by atoms with Gasteiger partial charge in [0.2, 0.25) is 0 Å². The van der Waals surface area contributed by atoms with Crippen molar-refractivity contribution in [1.82, 2.24) is 10.2 Å². The first-order valence-electron chi connectivity index (χ1n) is 16.1. The Balaban J connectivity index is 1.35. The molecule has 222 valence electrons. The summed E-state index contributed by atoms with van der Waals surface area (Å²) in [7, 11) is 0. The number of fused-ring (bicyclic) bond motifs is 1. The summed E-state index contributed by atoms with van der Waals surface area (Å²) in [6, 6.07) is 0.131. The molecule has 1 saturated heterocycles. The van der Waals surface area contributed by atoms with E-state index >= 15 is 0 Å². The maximum absolute atomic E-state index is 10.7. The highest BCUT2D eigenvalue weighted by Crippen LogP contribution is 2.60. The molecule has 4 aliphatic rings. The van der Waals surface area contributed by atoms with Crippen molar-refractivity contribution in [1.29, 1.82) is 0 Å². The molecule has 0 aromatic heterocycles. The largest absolute Gasteiger partial charge is 0.393 e. The van der Waals surface area contributed by atoms with Crippen LogP contribution in [0.5, 0.6) is 0 Å². The molecule has 3 saturated carbocycles. The van der Waals surface area contributed by atoms with Gasteiger partial charge < -0.3 is 25.5 Å². The summed E-state index contributed by atoms with van der Waals surface area (Å²) in [4.78, 5) is 2.42. The quantitative estimate of drug-likeness (QED) is 0.282. The molecule has 0 radical (unpaired) electrons. The fourth-order valence-corrected chi connectivity index (χ4v) is 8.51. The Bertz CT molecular complexity index is 881. The number of likely N-dealkylation sites (tertiary alicyclic amines) is 1. The van der Waals surface area contributed by atoms with Crippen molar-refractivity contribution in [3.05, 3.63) is 35.5 Å². The summed E-state index contributed by atoms with van der Waals surface area (Å²) in [6.45, 7) is 17.2. The molecule has 1 heterocycles. The Morgan fingerprint density at radius 2 is 1.87 bits per heavy atom. The van der Waals surface area contributed by atoms with Crippen LogP contribution in [0.3, 0.4) is 0 Å². The summed E-state index contributed by atoms with van der Waals surface area (Å²) >= 11 is 0. The fraction of sp³-hybridized carbons (Fsp3) is 0.824. The van der Waals surface area contributed by atoms with E-state index < -0.39 is 5.60 Å². The molecule has 0 spiro atoms. The standard InChI is InChI=1S/C34H58N2O3/c1-24(8-6-16-33(3,4)39)30-12-13-31-26(9-7-17-34(30,31)5)10-11-27-22-29(38)23-32(25(27)2)35-18-21-36-19-14-28(37)15-20-36/h10-11,24,28-32,35,37-39H,2,6-9,12-23H2,1,3-5H3/b26-10+,27-11-/t24-,29-,30-,31+,32?,34-/m1/s1. The predicted octanol–water partition coefficient (Wildman–Crippen LogP) is 5.76. The molecular weight excluding hydrogens is 484 g/mol.